The van der Waals surface area contributed by atoms with Gasteiger partial charge in [-0.15, -0.1) is 0 Å². The SMILES string of the molecule is C/C=C/COc1c(Br)cc(CNCCOC)cc1Br. The van der Waals surface area contributed by atoms with Gasteiger partial charge in [0.05, 0.1) is 15.6 Å². The van der Waals surface area contributed by atoms with Crippen molar-refractivity contribution in [2.45, 2.75) is 13.5 Å². The van der Waals surface area contributed by atoms with E-state index >= 15 is 0 Å². The van der Waals surface area contributed by atoms with Crippen molar-refractivity contribution in [1.82, 2.24) is 5.32 Å². The second-order valence-electron chi connectivity index (χ2n) is 3.94. The van der Waals surface area contributed by atoms with Gasteiger partial charge in [-0.1, -0.05) is 12.2 Å². The number of ether oxygens (including phenoxy) is 2. The summed E-state index contributed by atoms with van der Waals surface area (Å²) in [5.74, 6) is 0.832. The highest BCUT2D eigenvalue weighted by Crippen LogP contribution is 2.34. The van der Waals surface area contributed by atoms with Crippen molar-refractivity contribution in [2.75, 3.05) is 26.9 Å². The van der Waals surface area contributed by atoms with Crippen LogP contribution in [0.25, 0.3) is 0 Å². The molecule has 0 saturated carbocycles. The largest absolute Gasteiger partial charge is 0.487 e. The highest BCUT2D eigenvalue weighted by Gasteiger charge is 2.08. The van der Waals surface area contributed by atoms with E-state index in [1.165, 1.54) is 5.56 Å². The number of benzene rings is 1. The van der Waals surface area contributed by atoms with Gasteiger partial charge >= 0.3 is 0 Å². The third-order valence-electron chi connectivity index (χ3n) is 2.43. The summed E-state index contributed by atoms with van der Waals surface area (Å²) < 4.78 is 12.6. The van der Waals surface area contributed by atoms with Gasteiger partial charge < -0.3 is 14.8 Å². The predicted molar refractivity (Wildman–Crippen MR) is 85.7 cm³/mol. The zero-order valence-electron chi connectivity index (χ0n) is 11.2. The zero-order valence-corrected chi connectivity index (χ0v) is 14.4. The third kappa shape index (κ3) is 6.08. The summed E-state index contributed by atoms with van der Waals surface area (Å²) in [5.41, 5.74) is 1.19. The van der Waals surface area contributed by atoms with E-state index in [0.717, 1.165) is 27.8 Å². The van der Waals surface area contributed by atoms with E-state index in [1.54, 1.807) is 7.11 Å². The zero-order chi connectivity index (χ0) is 14.1. The van der Waals surface area contributed by atoms with Crippen LogP contribution in [0.2, 0.25) is 0 Å². The highest BCUT2D eigenvalue weighted by molar-refractivity contribution is 9.11. The third-order valence-corrected chi connectivity index (χ3v) is 3.61. The van der Waals surface area contributed by atoms with Crippen LogP contribution < -0.4 is 10.1 Å². The fourth-order valence-electron chi connectivity index (χ4n) is 1.49. The minimum atomic E-state index is 0.569. The first-order chi connectivity index (χ1) is 9.19. The van der Waals surface area contributed by atoms with Crippen molar-refractivity contribution in [3.63, 3.8) is 0 Å². The van der Waals surface area contributed by atoms with Crippen LogP contribution in [0.3, 0.4) is 0 Å². The van der Waals surface area contributed by atoms with Crippen LogP contribution in [-0.2, 0) is 11.3 Å². The van der Waals surface area contributed by atoms with Crippen LogP contribution in [-0.4, -0.2) is 26.9 Å². The first-order valence-electron chi connectivity index (χ1n) is 6.10. The Morgan fingerprint density at radius 3 is 2.53 bits per heavy atom. The average molecular weight is 393 g/mol. The fourth-order valence-corrected chi connectivity index (χ4v) is 3.00. The number of hydrogen-bond acceptors (Lipinski definition) is 3. The predicted octanol–water partition coefficient (Wildman–Crippen LogP) is 3.90. The Kier molecular flexibility index (Phi) is 8.37. The second-order valence-corrected chi connectivity index (χ2v) is 5.65. The molecule has 0 unspecified atom stereocenters. The Labute approximate surface area is 131 Å². The molecule has 0 atom stereocenters. The fraction of sp³-hybridized carbons (Fsp3) is 0.429. The highest BCUT2D eigenvalue weighted by atomic mass is 79.9. The maximum absolute atomic E-state index is 5.69. The van der Waals surface area contributed by atoms with Gasteiger partial charge in [-0.2, -0.15) is 0 Å². The Morgan fingerprint density at radius 1 is 1.26 bits per heavy atom. The first kappa shape index (κ1) is 16.7. The summed E-state index contributed by atoms with van der Waals surface area (Å²) in [6, 6.07) is 4.13. The van der Waals surface area contributed by atoms with Crippen molar-refractivity contribution in [3.8, 4) is 5.75 Å². The smallest absolute Gasteiger partial charge is 0.148 e. The van der Waals surface area contributed by atoms with E-state index in [-0.39, 0.29) is 0 Å². The van der Waals surface area contributed by atoms with Crippen LogP contribution in [0, 0.1) is 0 Å². The van der Waals surface area contributed by atoms with Gasteiger partial charge in [-0.05, 0) is 56.5 Å². The molecule has 0 heterocycles. The summed E-state index contributed by atoms with van der Waals surface area (Å²) in [6.07, 6.45) is 3.94. The van der Waals surface area contributed by atoms with Gasteiger partial charge in [0, 0.05) is 20.2 Å². The van der Waals surface area contributed by atoms with Gasteiger partial charge in [0.25, 0.3) is 0 Å². The molecular formula is C14H19Br2NO2. The topological polar surface area (TPSA) is 30.5 Å². The van der Waals surface area contributed by atoms with E-state index in [4.69, 9.17) is 9.47 Å². The Balaban J connectivity index is 2.62. The molecule has 3 nitrogen and oxygen atoms in total. The summed E-state index contributed by atoms with van der Waals surface area (Å²) >= 11 is 7.08. The number of methoxy groups -OCH3 is 1. The van der Waals surface area contributed by atoms with Crippen molar-refractivity contribution >= 4 is 31.9 Å². The number of allylic oxidation sites excluding steroid dienone is 1. The molecule has 0 saturated heterocycles. The van der Waals surface area contributed by atoms with E-state index in [1.807, 2.05) is 19.1 Å². The van der Waals surface area contributed by atoms with Crippen molar-refractivity contribution in [3.05, 3.63) is 38.8 Å². The molecule has 0 amide bonds. The molecule has 5 heteroatoms. The van der Waals surface area contributed by atoms with Crippen molar-refractivity contribution < 1.29 is 9.47 Å². The Morgan fingerprint density at radius 2 is 1.95 bits per heavy atom. The molecule has 1 N–H and O–H groups in total. The van der Waals surface area contributed by atoms with Crippen LogP contribution >= 0.6 is 31.9 Å². The Hall–Kier alpha value is -0.360. The minimum Gasteiger partial charge on any atom is -0.487 e. The van der Waals surface area contributed by atoms with Crippen LogP contribution in [0.15, 0.2) is 33.2 Å². The van der Waals surface area contributed by atoms with Crippen LogP contribution in [0.1, 0.15) is 12.5 Å². The molecule has 0 fully saturated rings. The molecule has 0 aliphatic heterocycles. The van der Waals surface area contributed by atoms with E-state index in [9.17, 15) is 0 Å². The lowest BCUT2D eigenvalue weighted by Crippen LogP contribution is -2.18. The number of nitrogens with one attached hydrogen (secondary N) is 1. The maximum Gasteiger partial charge on any atom is 0.148 e. The molecule has 0 aliphatic rings. The summed E-state index contributed by atoms with van der Waals surface area (Å²) in [7, 11) is 1.70. The average Bonchev–Trinajstić information content (AvgIpc) is 2.38. The molecule has 0 aliphatic carbocycles. The monoisotopic (exact) mass is 391 g/mol. The standard InChI is InChI=1S/C14H19Br2NO2/c1-3-4-6-19-14-12(15)8-11(9-13(14)16)10-17-5-7-18-2/h3-4,8-9,17H,5-7,10H2,1-2H3/b4-3+. The van der Waals surface area contributed by atoms with Gasteiger partial charge in [0.2, 0.25) is 0 Å². The molecule has 106 valence electrons. The number of rotatable bonds is 8. The molecule has 1 rings (SSSR count). The number of hydrogen-bond donors (Lipinski definition) is 1. The van der Waals surface area contributed by atoms with E-state index in [2.05, 4.69) is 49.3 Å². The normalized spacial score (nSPS) is 11.2. The molecule has 1 aromatic carbocycles. The van der Waals surface area contributed by atoms with Crippen molar-refractivity contribution in [1.29, 1.82) is 0 Å². The molecular weight excluding hydrogens is 374 g/mol. The lowest BCUT2D eigenvalue weighted by Gasteiger charge is -2.11. The van der Waals surface area contributed by atoms with E-state index in [0.29, 0.717) is 13.2 Å². The van der Waals surface area contributed by atoms with Crippen LogP contribution in [0.4, 0.5) is 0 Å². The van der Waals surface area contributed by atoms with Gasteiger partial charge in [-0.25, -0.2) is 0 Å². The molecule has 0 bridgehead atoms. The molecule has 19 heavy (non-hydrogen) atoms. The molecule has 0 spiro atoms. The first-order valence-corrected chi connectivity index (χ1v) is 7.69. The quantitative estimate of drug-likeness (QED) is 0.537. The lowest BCUT2D eigenvalue weighted by atomic mass is 10.2. The van der Waals surface area contributed by atoms with Gasteiger partial charge in [-0.3, -0.25) is 0 Å². The van der Waals surface area contributed by atoms with Gasteiger partial charge in [0.15, 0.2) is 0 Å². The van der Waals surface area contributed by atoms with Crippen LogP contribution in [0.5, 0.6) is 5.75 Å². The summed E-state index contributed by atoms with van der Waals surface area (Å²) in [4.78, 5) is 0. The lowest BCUT2D eigenvalue weighted by molar-refractivity contribution is 0.199. The minimum absolute atomic E-state index is 0.569. The molecule has 0 aromatic heterocycles. The summed E-state index contributed by atoms with van der Waals surface area (Å²) in [5, 5.41) is 3.31. The number of halogens is 2. The summed E-state index contributed by atoms with van der Waals surface area (Å²) in [6.45, 7) is 4.90. The second kappa shape index (κ2) is 9.53. The molecule has 0 radical (unpaired) electrons. The molecule has 1 aromatic rings. The Bertz CT molecular complexity index is 399. The maximum atomic E-state index is 5.69. The van der Waals surface area contributed by atoms with E-state index < -0.39 is 0 Å². The van der Waals surface area contributed by atoms with Crippen molar-refractivity contribution in [2.24, 2.45) is 0 Å². The van der Waals surface area contributed by atoms with Gasteiger partial charge in [0.1, 0.15) is 12.4 Å².